The summed E-state index contributed by atoms with van der Waals surface area (Å²) < 4.78 is 10.6. The third-order valence-electron chi connectivity index (χ3n) is 11.6. The van der Waals surface area contributed by atoms with E-state index in [4.69, 9.17) is 9.15 Å². The standard InChI is InChI=1S/C29H42N2O5/c1-27-10-7-21(30-26(33)31-13-15-35-16-14-31)17-20(27)4-5-24-23(27)8-11-28(2)22(9-12-29(24,28)34)19-3-6-25(32)36-18-19/h3,6,18,20-24,34H,4-5,7-17H2,1-2H3,(H,30,33)/t20-,21?,22-,23+,24-,27+,28-,29+/m1/s1. The Morgan fingerprint density at radius 3 is 2.58 bits per heavy atom. The van der Waals surface area contributed by atoms with Crippen molar-refractivity contribution in [2.75, 3.05) is 26.3 Å². The number of hydrogen-bond donors (Lipinski definition) is 2. The molecule has 36 heavy (non-hydrogen) atoms. The van der Waals surface area contributed by atoms with Crippen molar-refractivity contribution >= 4 is 6.03 Å². The molecule has 198 valence electrons. The number of carbonyl (C=O) groups is 1. The molecule has 1 unspecified atom stereocenters. The van der Waals surface area contributed by atoms with Gasteiger partial charge in [-0.1, -0.05) is 13.8 Å². The fourth-order valence-corrected chi connectivity index (χ4v) is 9.49. The summed E-state index contributed by atoms with van der Waals surface area (Å²) in [6, 6.07) is 3.74. The Kier molecular flexibility index (Phi) is 6.03. The summed E-state index contributed by atoms with van der Waals surface area (Å²) in [7, 11) is 0. The predicted octanol–water partition coefficient (Wildman–Crippen LogP) is 4.29. The van der Waals surface area contributed by atoms with Gasteiger partial charge in [-0.15, -0.1) is 0 Å². The predicted molar refractivity (Wildman–Crippen MR) is 136 cm³/mol. The largest absolute Gasteiger partial charge is 0.431 e. The van der Waals surface area contributed by atoms with Gasteiger partial charge in [-0.25, -0.2) is 9.59 Å². The molecule has 5 aliphatic rings. The first-order valence-electron chi connectivity index (χ1n) is 14.2. The summed E-state index contributed by atoms with van der Waals surface area (Å²) in [6.45, 7) is 7.39. The number of nitrogens with one attached hydrogen (secondary N) is 1. The van der Waals surface area contributed by atoms with E-state index in [2.05, 4.69) is 19.2 Å². The normalized spacial score (nSPS) is 44.3. The fourth-order valence-electron chi connectivity index (χ4n) is 9.49. The Hall–Kier alpha value is -1.86. The molecule has 0 aromatic carbocycles. The highest BCUT2D eigenvalue weighted by Gasteiger charge is 2.67. The highest BCUT2D eigenvalue weighted by Crippen LogP contribution is 2.70. The molecule has 6 rings (SSSR count). The first-order chi connectivity index (χ1) is 17.2. The van der Waals surface area contributed by atoms with Crippen molar-refractivity contribution in [3.63, 3.8) is 0 Å². The summed E-state index contributed by atoms with van der Waals surface area (Å²) in [5.74, 6) is 1.66. The molecular formula is C29H42N2O5. The van der Waals surface area contributed by atoms with Crippen LogP contribution in [-0.4, -0.2) is 54.0 Å². The second kappa shape index (κ2) is 8.87. The second-order valence-corrected chi connectivity index (χ2v) is 12.9. The number of amides is 2. The van der Waals surface area contributed by atoms with Gasteiger partial charge < -0.3 is 24.5 Å². The van der Waals surface area contributed by atoms with Crippen LogP contribution in [0.1, 0.15) is 83.1 Å². The lowest BCUT2D eigenvalue weighted by Gasteiger charge is -2.63. The van der Waals surface area contributed by atoms with E-state index >= 15 is 0 Å². The number of ether oxygens (including phenoxy) is 1. The third kappa shape index (κ3) is 3.67. The van der Waals surface area contributed by atoms with Gasteiger partial charge in [0.1, 0.15) is 0 Å². The van der Waals surface area contributed by atoms with Crippen molar-refractivity contribution in [3.05, 3.63) is 34.4 Å². The van der Waals surface area contributed by atoms with Crippen LogP contribution in [0.5, 0.6) is 0 Å². The molecule has 0 bridgehead atoms. The summed E-state index contributed by atoms with van der Waals surface area (Å²) in [5, 5.41) is 15.7. The van der Waals surface area contributed by atoms with E-state index < -0.39 is 5.60 Å². The molecule has 4 saturated carbocycles. The molecule has 1 aromatic heterocycles. The minimum absolute atomic E-state index is 0.0667. The molecule has 4 aliphatic carbocycles. The maximum atomic E-state index is 12.8. The number of morpholine rings is 1. The number of nitrogens with zero attached hydrogens (tertiary/aromatic N) is 1. The Bertz CT molecular complexity index is 1030. The van der Waals surface area contributed by atoms with E-state index in [-0.39, 0.29) is 34.4 Å². The average molecular weight is 499 g/mol. The van der Waals surface area contributed by atoms with Gasteiger partial charge in [0.25, 0.3) is 0 Å². The van der Waals surface area contributed by atoms with E-state index in [1.165, 1.54) is 6.07 Å². The van der Waals surface area contributed by atoms with E-state index in [9.17, 15) is 14.7 Å². The lowest BCUT2D eigenvalue weighted by molar-refractivity contribution is -0.201. The van der Waals surface area contributed by atoms with Gasteiger partial charge >= 0.3 is 11.7 Å². The first kappa shape index (κ1) is 24.5. The Balaban J connectivity index is 1.17. The van der Waals surface area contributed by atoms with Crippen molar-refractivity contribution < 1.29 is 19.1 Å². The molecule has 7 nitrogen and oxygen atoms in total. The zero-order valence-corrected chi connectivity index (χ0v) is 21.8. The molecule has 1 saturated heterocycles. The smallest absolute Gasteiger partial charge is 0.335 e. The Morgan fingerprint density at radius 1 is 1.03 bits per heavy atom. The van der Waals surface area contributed by atoms with Crippen LogP contribution >= 0.6 is 0 Å². The van der Waals surface area contributed by atoms with Crippen molar-refractivity contribution in [2.45, 2.75) is 89.2 Å². The molecule has 7 heteroatoms. The van der Waals surface area contributed by atoms with Gasteiger partial charge in [-0.2, -0.15) is 0 Å². The Morgan fingerprint density at radius 2 is 1.83 bits per heavy atom. The zero-order chi connectivity index (χ0) is 25.1. The lowest BCUT2D eigenvalue weighted by Crippen LogP contribution is -2.62. The summed E-state index contributed by atoms with van der Waals surface area (Å²) in [5.41, 5.74) is 0.0941. The molecule has 5 fully saturated rings. The van der Waals surface area contributed by atoms with E-state index in [1.54, 1.807) is 6.26 Å². The van der Waals surface area contributed by atoms with Crippen molar-refractivity contribution in [1.82, 2.24) is 10.2 Å². The molecular weight excluding hydrogens is 456 g/mol. The lowest BCUT2D eigenvalue weighted by atomic mass is 9.43. The first-order valence-corrected chi connectivity index (χ1v) is 14.2. The van der Waals surface area contributed by atoms with Crippen molar-refractivity contribution in [3.8, 4) is 0 Å². The zero-order valence-electron chi connectivity index (χ0n) is 21.8. The maximum absolute atomic E-state index is 12.8. The van der Waals surface area contributed by atoms with Crippen LogP contribution in [0.4, 0.5) is 4.79 Å². The highest BCUT2D eigenvalue weighted by molar-refractivity contribution is 5.74. The Labute approximate surface area is 214 Å². The van der Waals surface area contributed by atoms with Gasteiger partial charge in [-0.3, -0.25) is 0 Å². The van der Waals surface area contributed by atoms with Crippen molar-refractivity contribution in [1.29, 1.82) is 0 Å². The molecule has 2 amide bonds. The maximum Gasteiger partial charge on any atom is 0.335 e. The molecule has 0 radical (unpaired) electrons. The SMILES string of the molecule is C[C@]12CCC(NC(=O)N3CCOCC3)C[C@H]1CC[C@@H]1[C@@H]2CC[C@]2(C)[C@@H](c3ccc(=O)oc3)CC[C@]12O. The highest BCUT2D eigenvalue weighted by atomic mass is 16.5. The molecule has 1 aromatic rings. The number of hydrogen-bond acceptors (Lipinski definition) is 5. The summed E-state index contributed by atoms with van der Waals surface area (Å²) in [6.07, 6.45) is 10.9. The van der Waals surface area contributed by atoms with Gasteiger partial charge in [-0.05, 0) is 98.5 Å². The number of urea groups is 1. The minimum Gasteiger partial charge on any atom is -0.431 e. The van der Waals surface area contributed by atoms with Crippen LogP contribution < -0.4 is 10.9 Å². The van der Waals surface area contributed by atoms with Crippen LogP contribution in [0, 0.1) is 28.6 Å². The molecule has 0 spiro atoms. The number of rotatable bonds is 2. The van der Waals surface area contributed by atoms with E-state index in [0.29, 0.717) is 44.1 Å². The van der Waals surface area contributed by atoms with Gasteiger partial charge in [0.2, 0.25) is 0 Å². The summed E-state index contributed by atoms with van der Waals surface area (Å²) >= 11 is 0. The quantitative estimate of drug-likeness (QED) is 0.635. The number of aliphatic hydroxyl groups is 1. The molecule has 8 atom stereocenters. The van der Waals surface area contributed by atoms with Gasteiger partial charge in [0, 0.05) is 30.6 Å². The second-order valence-electron chi connectivity index (χ2n) is 12.9. The van der Waals surface area contributed by atoms with Gasteiger partial charge in [0.05, 0.1) is 25.1 Å². The van der Waals surface area contributed by atoms with Crippen LogP contribution in [-0.2, 0) is 4.74 Å². The van der Waals surface area contributed by atoms with Crippen LogP contribution in [0.15, 0.2) is 27.6 Å². The summed E-state index contributed by atoms with van der Waals surface area (Å²) in [4.78, 5) is 26.2. The van der Waals surface area contributed by atoms with Crippen LogP contribution in [0.25, 0.3) is 0 Å². The number of carbonyl (C=O) groups excluding carboxylic acids is 1. The molecule has 1 aliphatic heterocycles. The van der Waals surface area contributed by atoms with Crippen molar-refractivity contribution in [2.24, 2.45) is 28.6 Å². The fraction of sp³-hybridized carbons (Fsp3) is 0.793. The van der Waals surface area contributed by atoms with Crippen LogP contribution in [0.2, 0.25) is 0 Å². The topological polar surface area (TPSA) is 92.0 Å². The van der Waals surface area contributed by atoms with Crippen LogP contribution in [0.3, 0.4) is 0 Å². The monoisotopic (exact) mass is 498 g/mol. The van der Waals surface area contributed by atoms with E-state index in [1.807, 2.05) is 11.0 Å². The third-order valence-corrected chi connectivity index (χ3v) is 11.6. The average Bonchev–Trinajstić information content (AvgIpc) is 3.16. The van der Waals surface area contributed by atoms with Gasteiger partial charge in [0.15, 0.2) is 0 Å². The molecule has 2 N–H and O–H groups in total. The van der Waals surface area contributed by atoms with E-state index in [0.717, 1.165) is 63.4 Å². The number of fused-ring (bicyclic) bond motifs is 5. The minimum atomic E-state index is -0.675. The molecule has 2 heterocycles.